The Labute approximate surface area is 176 Å². The Bertz CT molecular complexity index is 776. The highest BCUT2D eigenvalue weighted by atomic mass is 16.2. The summed E-state index contributed by atoms with van der Waals surface area (Å²) in [5.74, 6) is 1.70. The van der Waals surface area contributed by atoms with Crippen LogP contribution in [-0.2, 0) is 6.42 Å². The number of amides is 2. The molecule has 1 N–H and O–H groups in total. The number of allylic oxidation sites excluding steroid dienone is 1. The Hall–Kier alpha value is -1.81. The van der Waals surface area contributed by atoms with Gasteiger partial charge in [0.1, 0.15) is 0 Å². The lowest BCUT2D eigenvalue weighted by molar-refractivity contribution is -0.00311. The van der Waals surface area contributed by atoms with E-state index in [2.05, 4.69) is 49.2 Å². The minimum absolute atomic E-state index is 0.00834. The van der Waals surface area contributed by atoms with E-state index in [0.717, 1.165) is 56.4 Å². The number of hydrogen-bond acceptors (Lipinski definition) is 2. The molecule has 1 saturated carbocycles. The zero-order chi connectivity index (χ0) is 20.6. The van der Waals surface area contributed by atoms with Crippen LogP contribution in [0.1, 0.15) is 52.0 Å². The minimum atomic E-state index is 0.00834. The molecule has 4 nitrogen and oxygen atoms in total. The number of benzene rings is 1. The Morgan fingerprint density at radius 1 is 1.28 bits per heavy atom. The summed E-state index contributed by atoms with van der Waals surface area (Å²) >= 11 is 0. The lowest BCUT2D eigenvalue weighted by Crippen LogP contribution is -2.50. The SMILES string of the molecule is CCc1cccc(N(C)C(=O)NC2CCN(CC3=C[C@H]4C[C@@H](C3)C4(C)C)CC2)c1. The summed E-state index contributed by atoms with van der Waals surface area (Å²) in [6, 6.07) is 8.53. The molecule has 2 amide bonds. The molecule has 0 unspecified atom stereocenters. The molecule has 1 aromatic rings. The van der Waals surface area contributed by atoms with Gasteiger partial charge in [0.05, 0.1) is 0 Å². The van der Waals surface area contributed by atoms with Gasteiger partial charge in [-0.1, -0.05) is 44.6 Å². The van der Waals surface area contributed by atoms with E-state index in [-0.39, 0.29) is 12.1 Å². The van der Waals surface area contributed by atoms with Crippen molar-refractivity contribution in [1.29, 1.82) is 0 Å². The molecule has 29 heavy (non-hydrogen) atoms. The van der Waals surface area contributed by atoms with Crippen molar-refractivity contribution in [3.8, 4) is 0 Å². The Kier molecular flexibility index (Phi) is 5.74. The van der Waals surface area contributed by atoms with Gasteiger partial charge < -0.3 is 5.32 Å². The predicted molar refractivity (Wildman–Crippen MR) is 120 cm³/mol. The van der Waals surface area contributed by atoms with Crippen molar-refractivity contribution in [2.75, 3.05) is 31.6 Å². The van der Waals surface area contributed by atoms with Crippen molar-refractivity contribution in [1.82, 2.24) is 10.2 Å². The minimum Gasteiger partial charge on any atom is -0.335 e. The molecular formula is C25H37N3O. The van der Waals surface area contributed by atoms with Crippen LogP contribution in [0.25, 0.3) is 0 Å². The van der Waals surface area contributed by atoms with Crippen LogP contribution in [0.5, 0.6) is 0 Å². The first-order valence-corrected chi connectivity index (χ1v) is 11.4. The van der Waals surface area contributed by atoms with Gasteiger partial charge in [-0.3, -0.25) is 9.80 Å². The average Bonchev–Trinajstić information content (AvgIpc) is 2.74. The Morgan fingerprint density at radius 2 is 2.03 bits per heavy atom. The number of anilines is 1. The molecule has 1 heterocycles. The van der Waals surface area contributed by atoms with Crippen LogP contribution in [0.3, 0.4) is 0 Å². The van der Waals surface area contributed by atoms with Gasteiger partial charge >= 0.3 is 6.03 Å². The maximum atomic E-state index is 12.7. The molecule has 0 aromatic heterocycles. The Balaban J connectivity index is 1.24. The molecule has 1 aromatic carbocycles. The summed E-state index contributed by atoms with van der Waals surface area (Å²) in [5, 5.41) is 3.25. The van der Waals surface area contributed by atoms with Crippen molar-refractivity contribution in [2.45, 2.75) is 58.9 Å². The van der Waals surface area contributed by atoms with E-state index in [9.17, 15) is 4.79 Å². The van der Waals surface area contributed by atoms with Crippen molar-refractivity contribution in [3.05, 3.63) is 41.5 Å². The summed E-state index contributed by atoms with van der Waals surface area (Å²) in [6.45, 7) is 10.3. The largest absolute Gasteiger partial charge is 0.335 e. The number of nitrogens with one attached hydrogen (secondary N) is 1. The van der Waals surface area contributed by atoms with Gasteiger partial charge in [-0.25, -0.2) is 4.79 Å². The molecule has 2 bridgehead atoms. The number of rotatable bonds is 5. The smallest absolute Gasteiger partial charge is 0.321 e. The van der Waals surface area contributed by atoms with Crippen LogP contribution in [0.4, 0.5) is 10.5 Å². The van der Waals surface area contributed by atoms with E-state index in [0.29, 0.717) is 5.41 Å². The Morgan fingerprint density at radius 3 is 2.66 bits per heavy atom. The topological polar surface area (TPSA) is 35.6 Å². The lowest BCUT2D eigenvalue weighted by Gasteiger charge is -2.55. The molecule has 0 spiro atoms. The monoisotopic (exact) mass is 395 g/mol. The molecule has 5 rings (SSSR count). The number of aryl methyl sites for hydroxylation is 1. The molecule has 2 fully saturated rings. The molecule has 2 atom stereocenters. The molecule has 3 aliphatic carbocycles. The van der Waals surface area contributed by atoms with Crippen molar-refractivity contribution in [3.63, 3.8) is 0 Å². The van der Waals surface area contributed by atoms with Crippen LogP contribution in [0, 0.1) is 17.3 Å². The van der Waals surface area contributed by atoms with Crippen molar-refractivity contribution >= 4 is 11.7 Å². The maximum Gasteiger partial charge on any atom is 0.321 e. The normalized spacial score (nSPS) is 26.4. The summed E-state index contributed by atoms with van der Waals surface area (Å²) in [7, 11) is 1.86. The van der Waals surface area contributed by atoms with Gasteiger partial charge in [0.2, 0.25) is 0 Å². The van der Waals surface area contributed by atoms with Crippen LogP contribution in [0.15, 0.2) is 35.9 Å². The molecule has 0 radical (unpaired) electrons. The number of likely N-dealkylation sites (tertiary alicyclic amines) is 1. The van der Waals surface area contributed by atoms with E-state index in [4.69, 9.17) is 0 Å². The van der Waals surface area contributed by atoms with Gasteiger partial charge in [0.25, 0.3) is 0 Å². The molecular weight excluding hydrogens is 358 g/mol. The van der Waals surface area contributed by atoms with E-state index >= 15 is 0 Å². The van der Waals surface area contributed by atoms with Crippen molar-refractivity contribution in [2.24, 2.45) is 17.3 Å². The highest BCUT2D eigenvalue weighted by Gasteiger charge is 2.49. The number of piperidine rings is 1. The maximum absolute atomic E-state index is 12.7. The second-order valence-electron chi connectivity index (χ2n) is 9.97. The van der Waals surface area contributed by atoms with E-state index in [1.54, 1.807) is 10.5 Å². The van der Waals surface area contributed by atoms with Gasteiger partial charge in [-0.2, -0.15) is 0 Å². The lowest BCUT2D eigenvalue weighted by atomic mass is 9.50. The highest BCUT2D eigenvalue weighted by molar-refractivity contribution is 5.91. The second kappa shape index (κ2) is 8.14. The molecule has 1 aliphatic heterocycles. The first kappa shape index (κ1) is 20.5. The highest BCUT2D eigenvalue weighted by Crippen LogP contribution is 2.58. The van der Waals surface area contributed by atoms with Gasteiger partial charge in [-0.05, 0) is 67.1 Å². The summed E-state index contributed by atoms with van der Waals surface area (Å²) in [6.07, 6.45) is 8.34. The summed E-state index contributed by atoms with van der Waals surface area (Å²) in [4.78, 5) is 17.0. The van der Waals surface area contributed by atoms with E-state index in [1.807, 2.05) is 19.2 Å². The third kappa shape index (κ3) is 4.23. The first-order valence-electron chi connectivity index (χ1n) is 11.4. The van der Waals surface area contributed by atoms with Crippen molar-refractivity contribution < 1.29 is 4.79 Å². The fraction of sp³-hybridized carbons (Fsp3) is 0.640. The zero-order valence-electron chi connectivity index (χ0n) is 18.6. The van der Waals surface area contributed by atoms with Crippen LogP contribution in [0.2, 0.25) is 0 Å². The van der Waals surface area contributed by atoms with Gasteiger partial charge in [0, 0.05) is 38.4 Å². The zero-order valence-corrected chi connectivity index (χ0v) is 18.6. The van der Waals surface area contributed by atoms with Crippen LogP contribution in [-0.4, -0.2) is 43.7 Å². The average molecular weight is 396 g/mol. The number of urea groups is 1. The second-order valence-corrected chi connectivity index (χ2v) is 9.97. The molecule has 158 valence electrons. The van der Waals surface area contributed by atoms with Crippen LogP contribution < -0.4 is 10.2 Å². The molecule has 4 aliphatic rings. The number of carbonyl (C=O) groups excluding carboxylic acids is 1. The first-order chi connectivity index (χ1) is 13.9. The number of fused-ring (bicyclic) bond motifs is 1. The summed E-state index contributed by atoms with van der Waals surface area (Å²) in [5.41, 5.74) is 4.41. The molecule has 4 heteroatoms. The quantitative estimate of drug-likeness (QED) is 0.723. The van der Waals surface area contributed by atoms with Gasteiger partial charge in [-0.15, -0.1) is 0 Å². The number of hydrogen-bond donors (Lipinski definition) is 1. The fourth-order valence-corrected chi connectivity index (χ4v) is 5.37. The van der Waals surface area contributed by atoms with E-state index in [1.165, 1.54) is 18.4 Å². The van der Waals surface area contributed by atoms with E-state index < -0.39 is 0 Å². The number of nitrogens with zero attached hydrogens (tertiary/aromatic N) is 2. The van der Waals surface area contributed by atoms with Crippen LogP contribution >= 0.6 is 0 Å². The third-order valence-corrected chi connectivity index (χ3v) is 7.84. The summed E-state index contributed by atoms with van der Waals surface area (Å²) < 4.78 is 0. The number of carbonyl (C=O) groups is 1. The predicted octanol–water partition coefficient (Wildman–Crippen LogP) is 4.85. The molecule has 1 saturated heterocycles. The third-order valence-electron chi connectivity index (χ3n) is 7.84. The van der Waals surface area contributed by atoms with Gasteiger partial charge in [0.15, 0.2) is 0 Å². The fourth-order valence-electron chi connectivity index (χ4n) is 5.37. The standard InChI is InChI=1S/C25H37N3O/c1-5-18-7-6-8-23(15-18)27(4)24(29)26-22-9-11-28(12-10-22)17-19-13-20-16-21(14-19)25(20,2)3/h6-8,13,15,20-22H,5,9-12,14,16-17H2,1-4H3,(H,26,29)/t20-,21+/m0/s1.